The Labute approximate surface area is 249 Å². The minimum absolute atomic E-state index is 0.675. The predicted octanol–water partition coefficient (Wildman–Crippen LogP) is 9.64. The number of benzene rings is 5. The second-order valence-corrected chi connectivity index (χ2v) is 10.5. The molecule has 0 N–H and O–H groups in total. The lowest BCUT2D eigenvalue weighted by Gasteiger charge is -2.12. The van der Waals surface area contributed by atoms with Crippen LogP contribution in [-0.4, -0.2) is 19.5 Å². The van der Waals surface area contributed by atoms with Gasteiger partial charge in [0.2, 0.25) is 0 Å². The Morgan fingerprint density at radius 2 is 1.09 bits per heavy atom. The van der Waals surface area contributed by atoms with E-state index in [-0.39, 0.29) is 0 Å². The zero-order valence-corrected chi connectivity index (χ0v) is 23.3. The first-order valence-corrected chi connectivity index (χ1v) is 14.4. The topological polar surface area (TPSA) is 43.6 Å². The zero-order valence-electron chi connectivity index (χ0n) is 23.3. The second-order valence-electron chi connectivity index (χ2n) is 10.5. The van der Waals surface area contributed by atoms with Crippen molar-refractivity contribution in [3.8, 4) is 50.8 Å². The third-order valence-electron chi connectivity index (χ3n) is 7.87. The number of fused-ring (bicyclic) bond motifs is 3. The van der Waals surface area contributed by atoms with E-state index < -0.39 is 0 Å². The van der Waals surface area contributed by atoms with Gasteiger partial charge in [-0.1, -0.05) is 103 Å². The Morgan fingerprint density at radius 1 is 0.395 bits per heavy atom. The summed E-state index contributed by atoms with van der Waals surface area (Å²) in [6.45, 7) is 0. The molecule has 0 aliphatic rings. The zero-order chi connectivity index (χ0) is 28.6. The van der Waals surface area contributed by atoms with E-state index in [0.29, 0.717) is 5.82 Å². The van der Waals surface area contributed by atoms with Gasteiger partial charge in [0.1, 0.15) is 0 Å². The lowest BCUT2D eigenvalue weighted by molar-refractivity contribution is 1.15. The lowest BCUT2D eigenvalue weighted by atomic mass is 10.0. The van der Waals surface area contributed by atoms with Crippen LogP contribution in [0.2, 0.25) is 0 Å². The highest BCUT2D eigenvalue weighted by molar-refractivity contribution is 6.10. The van der Waals surface area contributed by atoms with Gasteiger partial charge in [-0.2, -0.15) is 0 Å². The summed E-state index contributed by atoms with van der Waals surface area (Å²) in [5.74, 6) is 0.675. The third-order valence-corrected chi connectivity index (χ3v) is 7.87. The molecule has 4 heteroatoms. The largest absolute Gasteiger partial charge is 0.309 e. The van der Waals surface area contributed by atoms with Crippen molar-refractivity contribution in [2.24, 2.45) is 0 Å². The Kier molecular flexibility index (Phi) is 6.08. The third kappa shape index (κ3) is 4.55. The van der Waals surface area contributed by atoms with Gasteiger partial charge in [0.05, 0.1) is 28.1 Å². The molecule has 0 spiro atoms. The minimum atomic E-state index is 0.675. The fourth-order valence-corrected chi connectivity index (χ4v) is 5.82. The summed E-state index contributed by atoms with van der Waals surface area (Å²) in [5.41, 5.74) is 10.3. The summed E-state index contributed by atoms with van der Waals surface area (Å²) >= 11 is 0. The number of rotatable bonds is 5. The predicted molar refractivity (Wildman–Crippen MR) is 176 cm³/mol. The second kappa shape index (κ2) is 10.5. The van der Waals surface area contributed by atoms with Crippen LogP contribution in [0.5, 0.6) is 0 Å². The highest BCUT2D eigenvalue weighted by Gasteiger charge is 2.15. The molecule has 8 rings (SSSR count). The van der Waals surface area contributed by atoms with Crippen LogP contribution in [0.1, 0.15) is 0 Å². The molecular weight excluding hydrogens is 524 g/mol. The molecule has 8 aromatic rings. The van der Waals surface area contributed by atoms with Gasteiger partial charge in [0, 0.05) is 33.8 Å². The molecule has 3 aromatic heterocycles. The molecule has 4 nitrogen and oxygen atoms in total. The smallest absolute Gasteiger partial charge is 0.160 e. The highest BCUT2D eigenvalue weighted by atomic mass is 15.0. The van der Waals surface area contributed by atoms with E-state index in [4.69, 9.17) is 9.97 Å². The molecule has 0 atom stereocenters. The molecule has 0 aliphatic carbocycles. The van der Waals surface area contributed by atoms with Gasteiger partial charge >= 0.3 is 0 Å². The maximum Gasteiger partial charge on any atom is 0.160 e. The normalized spacial score (nSPS) is 11.3. The van der Waals surface area contributed by atoms with E-state index in [0.717, 1.165) is 33.9 Å². The van der Waals surface area contributed by atoms with Crippen molar-refractivity contribution in [2.45, 2.75) is 0 Å². The fraction of sp³-hybridized carbons (Fsp3) is 0. The monoisotopic (exact) mass is 550 g/mol. The van der Waals surface area contributed by atoms with Crippen molar-refractivity contribution < 1.29 is 0 Å². The Balaban J connectivity index is 1.31. The standard InChI is InChI=1S/C39H26N4/c1-3-12-27(13-4-1)29-21-22-38-33(25-29)32-18-7-8-20-37(32)43(38)31-17-11-16-30(24-31)35-26-36(34-19-9-10-23-40-34)42-39(41-35)28-14-5-2-6-15-28/h1-26H. The number of aromatic nitrogens is 4. The Hall–Kier alpha value is -5.87. The summed E-state index contributed by atoms with van der Waals surface area (Å²) in [5, 5.41) is 2.46. The Bertz CT molecular complexity index is 2160. The average Bonchev–Trinajstić information content (AvgIpc) is 3.43. The van der Waals surface area contributed by atoms with Gasteiger partial charge in [0.15, 0.2) is 5.82 Å². The average molecular weight is 551 g/mol. The molecule has 0 fully saturated rings. The van der Waals surface area contributed by atoms with E-state index in [1.165, 1.54) is 32.9 Å². The van der Waals surface area contributed by atoms with Crippen molar-refractivity contribution in [1.29, 1.82) is 0 Å². The van der Waals surface area contributed by atoms with Crippen LogP contribution in [-0.2, 0) is 0 Å². The molecule has 0 radical (unpaired) electrons. The number of pyridine rings is 1. The highest BCUT2D eigenvalue weighted by Crippen LogP contribution is 2.36. The van der Waals surface area contributed by atoms with Gasteiger partial charge in [-0.25, -0.2) is 9.97 Å². The van der Waals surface area contributed by atoms with Crippen molar-refractivity contribution in [3.05, 3.63) is 158 Å². The quantitative estimate of drug-likeness (QED) is 0.214. The molecule has 0 saturated carbocycles. The molecular formula is C39H26N4. The number of hydrogen-bond donors (Lipinski definition) is 0. The summed E-state index contributed by atoms with van der Waals surface area (Å²) in [6, 6.07) is 52.6. The summed E-state index contributed by atoms with van der Waals surface area (Å²) < 4.78 is 2.35. The molecule has 0 aliphatic heterocycles. The van der Waals surface area contributed by atoms with Crippen molar-refractivity contribution in [1.82, 2.24) is 19.5 Å². The first-order chi connectivity index (χ1) is 21.3. The molecule has 0 saturated heterocycles. The van der Waals surface area contributed by atoms with E-state index in [1.807, 2.05) is 54.6 Å². The van der Waals surface area contributed by atoms with E-state index >= 15 is 0 Å². The maximum absolute atomic E-state index is 5.04. The number of para-hydroxylation sites is 1. The van der Waals surface area contributed by atoms with E-state index in [2.05, 4.69) is 107 Å². The molecule has 0 bridgehead atoms. The van der Waals surface area contributed by atoms with Gasteiger partial charge in [-0.15, -0.1) is 0 Å². The van der Waals surface area contributed by atoms with Gasteiger partial charge < -0.3 is 4.57 Å². The van der Waals surface area contributed by atoms with Crippen LogP contribution in [0.15, 0.2) is 158 Å². The van der Waals surface area contributed by atoms with Gasteiger partial charge in [-0.3, -0.25) is 4.98 Å². The van der Waals surface area contributed by atoms with E-state index in [1.54, 1.807) is 6.20 Å². The minimum Gasteiger partial charge on any atom is -0.309 e. The van der Waals surface area contributed by atoms with Crippen LogP contribution >= 0.6 is 0 Å². The molecule has 0 amide bonds. The van der Waals surface area contributed by atoms with Crippen LogP contribution in [0.25, 0.3) is 72.7 Å². The summed E-state index contributed by atoms with van der Waals surface area (Å²) in [4.78, 5) is 14.5. The van der Waals surface area contributed by atoms with Crippen LogP contribution in [0, 0.1) is 0 Å². The first-order valence-electron chi connectivity index (χ1n) is 14.4. The SMILES string of the molecule is c1ccc(-c2ccc3c(c2)c2ccccc2n3-c2cccc(-c3cc(-c4ccccn4)nc(-c4ccccc4)n3)c2)cc1. The molecule has 43 heavy (non-hydrogen) atoms. The Morgan fingerprint density at radius 3 is 1.91 bits per heavy atom. The van der Waals surface area contributed by atoms with Crippen LogP contribution in [0.4, 0.5) is 0 Å². The van der Waals surface area contributed by atoms with Gasteiger partial charge in [-0.05, 0) is 59.7 Å². The summed E-state index contributed by atoms with van der Waals surface area (Å²) in [7, 11) is 0. The van der Waals surface area contributed by atoms with Crippen LogP contribution in [0.3, 0.4) is 0 Å². The fourth-order valence-electron chi connectivity index (χ4n) is 5.82. The number of hydrogen-bond acceptors (Lipinski definition) is 3. The van der Waals surface area contributed by atoms with Gasteiger partial charge in [0.25, 0.3) is 0 Å². The van der Waals surface area contributed by atoms with Crippen molar-refractivity contribution in [2.75, 3.05) is 0 Å². The van der Waals surface area contributed by atoms with Crippen molar-refractivity contribution in [3.63, 3.8) is 0 Å². The first kappa shape index (κ1) is 24.9. The molecule has 5 aromatic carbocycles. The van der Waals surface area contributed by atoms with Crippen molar-refractivity contribution >= 4 is 21.8 Å². The maximum atomic E-state index is 5.04. The number of nitrogens with zero attached hydrogens (tertiary/aromatic N) is 4. The van der Waals surface area contributed by atoms with Crippen LogP contribution < -0.4 is 0 Å². The molecule has 0 unspecified atom stereocenters. The summed E-state index contributed by atoms with van der Waals surface area (Å²) in [6.07, 6.45) is 1.80. The van der Waals surface area contributed by atoms with E-state index in [9.17, 15) is 0 Å². The molecule has 202 valence electrons. The molecule has 3 heterocycles. The lowest BCUT2D eigenvalue weighted by Crippen LogP contribution is -1.98.